The zero-order valence-electron chi connectivity index (χ0n) is 18.2. The van der Waals surface area contributed by atoms with Gasteiger partial charge in [0.15, 0.2) is 5.69 Å². The number of benzene rings is 2. The summed E-state index contributed by atoms with van der Waals surface area (Å²) < 4.78 is 17.4. The van der Waals surface area contributed by atoms with Gasteiger partial charge in [0.25, 0.3) is 0 Å². The van der Waals surface area contributed by atoms with Gasteiger partial charge in [0.1, 0.15) is 11.3 Å². The van der Waals surface area contributed by atoms with Crippen molar-refractivity contribution >= 4 is 11.9 Å². The molecule has 32 heavy (non-hydrogen) atoms. The normalized spacial score (nSPS) is 13.8. The molecule has 2 aromatic carbocycles. The standard InChI is InChI=1S/C25H26N2O5/c1-30-24(28)21-22(18-10-8-9-17(15-18)16-32-20-13-6-7-14-20)26-27(23(21)25(29)31-2)19-11-4-3-5-12-19/h3-5,8-12,15,20H,6-7,13-14,16H2,1-2H3. The number of ether oxygens (including phenoxy) is 3. The molecule has 166 valence electrons. The number of nitrogens with zero attached hydrogens (tertiary/aromatic N) is 2. The number of hydrogen-bond acceptors (Lipinski definition) is 6. The van der Waals surface area contributed by atoms with Crippen LogP contribution in [0.2, 0.25) is 0 Å². The van der Waals surface area contributed by atoms with E-state index in [0.717, 1.165) is 18.4 Å². The minimum absolute atomic E-state index is 0.0214. The van der Waals surface area contributed by atoms with E-state index in [9.17, 15) is 9.59 Å². The fourth-order valence-corrected chi connectivity index (χ4v) is 4.03. The van der Waals surface area contributed by atoms with Gasteiger partial charge in [-0.3, -0.25) is 0 Å². The maximum atomic E-state index is 12.8. The van der Waals surface area contributed by atoms with Gasteiger partial charge in [-0.25, -0.2) is 14.3 Å². The number of rotatable bonds is 7. The summed E-state index contributed by atoms with van der Waals surface area (Å²) in [5, 5.41) is 4.64. The largest absolute Gasteiger partial charge is 0.465 e. The van der Waals surface area contributed by atoms with Gasteiger partial charge in [0.2, 0.25) is 0 Å². The van der Waals surface area contributed by atoms with Crippen molar-refractivity contribution in [1.29, 1.82) is 0 Å². The number of hydrogen-bond donors (Lipinski definition) is 0. The molecule has 7 heteroatoms. The molecule has 0 saturated heterocycles. The molecule has 0 N–H and O–H groups in total. The maximum Gasteiger partial charge on any atom is 0.357 e. The van der Waals surface area contributed by atoms with Crippen LogP contribution >= 0.6 is 0 Å². The molecule has 1 aliphatic rings. The van der Waals surface area contributed by atoms with Crippen molar-refractivity contribution in [1.82, 2.24) is 9.78 Å². The lowest BCUT2D eigenvalue weighted by atomic mass is 10.0. The highest BCUT2D eigenvalue weighted by Gasteiger charge is 2.31. The molecule has 0 radical (unpaired) electrons. The zero-order chi connectivity index (χ0) is 22.5. The van der Waals surface area contributed by atoms with E-state index in [1.54, 1.807) is 12.1 Å². The Hall–Kier alpha value is -3.45. The Labute approximate surface area is 186 Å². The number of methoxy groups -OCH3 is 2. The highest BCUT2D eigenvalue weighted by atomic mass is 16.5. The molecule has 1 aliphatic carbocycles. The molecule has 0 bridgehead atoms. The van der Waals surface area contributed by atoms with Crippen LogP contribution < -0.4 is 0 Å². The lowest BCUT2D eigenvalue weighted by molar-refractivity contribution is 0.0457. The second-order valence-corrected chi connectivity index (χ2v) is 7.72. The van der Waals surface area contributed by atoms with Gasteiger partial charge in [0.05, 0.1) is 32.6 Å². The molecule has 3 aromatic rings. The molecule has 1 heterocycles. The topological polar surface area (TPSA) is 79.7 Å². The molecule has 1 saturated carbocycles. The molecular formula is C25H26N2O5. The third kappa shape index (κ3) is 4.43. The van der Waals surface area contributed by atoms with E-state index in [0.29, 0.717) is 29.7 Å². The van der Waals surface area contributed by atoms with Crippen molar-refractivity contribution in [3.63, 3.8) is 0 Å². The van der Waals surface area contributed by atoms with Crippen molar-refractivity contribution < 1.29 is 23.8 Å². The highest BCUT2D eigenvalue weighted by Crippen LogP contribution is 2.30. The number of aromatic nitrogens is 2. The summed E-state index contributed by atoms with van der Waals surface area (Å²) in [6, 6.07) is 16.8. The summed E-state index contributed by atoms with van der Waals surface area (Å²) in [6.07, 6.45) is 4.90. The summed E-state index contributed by atoms with van der Waals surface area (Å²) in [5.41, 5.74) is 2.73. The minimum atomic E-state index is -0.672. The number of esters is 2. The maximum absolute atomic E-state index is 12.8. The molecule has 7 nitrogen and oxygen atoms in total. The Morgan fingerprint density at radius 1 is 0.969 bits per heavy atom. The number of carbonyl (C=O) groups is 2. The summed E-state index contributed by atoms with van der Waals surface area (Å²) in [5.74, 6) is -1.33. The number of para-hydroxylation sites is 1. The third-order valence-electron chi connectivity index (χ3n) is 5.64. The first-order valence-electron chi connectivity index (χ1n) is 10.7. The van der Waals surface area contributed by atoms with E-state index in [4.69, 9.17) is 14.2 Å². The van der Waals surface area contributed by atoms with Crippen LogP contribution in [0.25, 0.3) is 16.9 Å². The molecule has 1 fully saturated rings. The summed E-state index contributed by atoms with van der Waals surface area (Å²) in [7, 11) is 2.55. The molecule has 0 amide bonds. The van der Waals surface area contributed by atoms with Gasteiger partial charge in [-0.2, -0.15) is 5.10 Å². The SMILES string of the molecule is COC(=O)c1c(-c2cccc(COC3CCCC3)c2)nn(-c2ccccc2)c1C(=O)OC. The smallest absolute Gasteiger partial charge is 0.357 e. The van der Waals surface area contributed by atoms with Crippen molar-refractivity contribution in [3.05, 3.63) is 71.4 Å². The second kappa shape index (κ2) is 9.78. The van der Waals surface area contributed by atoms with Crippen LogP contribution in [-0.4, -0.2) is 42.0 Å². The quantitative estimate of drug-likeness (QED) is 0.507. The molecule has 1 aromatic heterocycles. The Morgan fingerprint density at radius 3 is 2.38 bits per heavy atom. The van der Waals surface area contributed by atoms with E-state index in [-0.39, 0.29) is 11.3 Å². The molecule has 4 rings (SSSR count). The van der Waals surface area contributed by atoms with Crippen molar-refractivity contribution in [3.8, 4) is 16.9 Å². The van der Waals surface area contributed by atoms with Gasteiger partial charge < -0.3 is 14.2 Å². The molecule has 0 spiro atoms. The van der Waals surface area contributed by atoms with Crippen molar-refractivity contribution in [2.24, 2.45) is 0 Å². The Morgan fingerprint density at radius 2 is 1.69 bits per heavy atom. The van der Waals surface area contributed by atoms with Crippen LogP contribution in [0.15, 0.2) is 54.6 Å². The Kier molecular flexibility index (Phi) is 6.66. The van der Waals surface area contributed by atoms with E-state index in [1.165, 1.54) is 31.7 Å². The van der Waals surface area contributed by atoms with Gasteiger partial charge in [-0.05, 0) is 36.6 Å². The monoisotopic (exact) mass is 434 g/mol. The molecule has 0 unspecified atom stereocenters. The fraction of sp³-hybridized carbons (Fsp3) is 0.320. The van der Waals surface area contributed by atoms with Crippen molar-refractivity contribution in [2.45, 2.75) is 38.4 Å². The highest BCUT2D eigenvalue weighted by molar-refractivity contribution is 6.06. The predicted molar refractivity (Wildman–Crippen MR) is 119 cm³/mol. The van der Waals surface area contributed by atoms with Crippen LogP contribution in [0.1, 0.15) is 52.1 Å². The average Bonchev–Trinajstić information content (AvgIpc) is 3.50. The lowest BCUT2D eigenvalue weighted by Crippen LogP contribution is -2.15. The van der Waals surface area contributed by atoms with E-state index >= 15 is 0 Å². The van der Waals surface area contributed by atoms with Crippen LogP contribution in [0.3, 0.4) is 0 Å². The first-order chi connectivity index (χ1) is 15.6. The van der Waals surface area contributed by atoms with E-state index in [2.05, 4.69) is 5.10 Å². The fourth-order valence-electron chi connectivity index (χ4n) is 4.03. The van der Waals surface area contributed by atoms with Gasteiger partial charge in [-0.15, -0.1) is 0 Å². The Bertz CT molecular complexity index is 1100. The third-order valence-corrected chi connectivity index (χ3v) is 5.64. The summed E-state index contributed by atoms with van der Waals surface area (Å²) in [6.45, 7) is 0.481. The van der Waals surface area contributed by atoms with Crippen molar-refractivity contribution in [2.75, 3.05) is 14.2 Å². The molecular weight excluding hydrogens is 408 g/mol. The second-order valence-electron chi connectivity index (χ2n) is 7.72. The summed E-state index contributed by atoms with van der Waals surface area (Å²) in [4.78, 5) is 25.5. The average molecular weight is 434 g/mol. The molecule has 0 aliphatic heterocycles. The van der Waals surface area contributed by atoms with Gasteiger partial charge in [-0.1, -0.05) is 49.2 Å². The first kappa shape index (κ1) is 21.8. The van der Waals surface area contributed by atoms with E-state index < -0.39 is 11.9 Å². The van der Waals surface area contributed by atoms with Gasteiger partial charge >= 0.3 is 11.9 Å². The summed E-state index contributed by atoms with van der Waals surface area (Å²) >= 11 is 0. The first-order valence-corrected chi connectivity index (χ1v) is 10.7. The van der Waals surface area contributed by atoms with Crippen LogP contribution in [0.5, 0.6) is 0 Å². The van der Waals surface area contributed by atoms with Gasteiger partial charge in [0, 0.05) is 5.56 Å². The lowest BCUT2D eigenvalue weighted by Gasteiger charge is -2.11. The number of carbonyl (C=O) groups excluding carboxylic acids is 2. The molecule has 0 atom stereocenters. The Balaban J connectivity index is 1.79. The minimum Gasteiger partial charge on any atom is -0.465 e. The van der Waals surface area contributed by atoms with Crippen LogP contribution in [0, 0.1) is 0 Å². The van der Waals surface area contributed by atoms with E-state index in [1.807, 2.05) is 42.5 Å². The van der Waals surface area contributed by atoms with Crippen LogP contribution in [-0.2, 0) is 20.8 Å². The zero-order valence-corrected chi connectivity index (χ0v) is 18.2. The van der Waals surface area contributed by atoms with Crippen LogP contribution in [0.4, 0.5) is 0 Å². The predicted octanol–water partition coefficient (Wildman–Crippen LogP) is 4.57.